The normalized spacial score (nSPS) is 11.6. The molecule has 2 N–H and O–H groups in total. The van der Waals surface area contributed by atoms with E-state index in [-0.39, 0.29) is 36.4 Å². The number of hydrogen-bond acceptors (Lipinski definition) is 3. The maximum Gasteiger partial charge on any atom is 0.422 e. The van der Waals surface area contributed by atoms with Crippen LogP contribution in [0.25, 0.3) is 0 Å². The molecule has 5 nitrogen and oxygen atoms in total. The topological polar surface area (TPSA) is 58.5 Å². The Morgan fingerprint density at radius 1 is 1.36 bits per heavy atom. The lowest BCUT2D eigenvalue weighted by Crippen LogP contribution is -2.37. The Balaban J connectivity index is 0.00000441. The van der Waals surface area contributed by atoms with Crippen molar-refractivity contribution in [3.05, 3.63) is 23.9 Å². The lowest BCUT2D eigenvalue weighted by atomic mass is 10.2. The van der Waals surface area contributed by atoms with E-state index in [0.717, 1.165) is 13.0 Å². The molecule has 0 spiro atoms. The van der Waals surface area contributed by atoms with Crippen molar-refractivity contribution < 1.29 is 17.9 Å². The fraction of sp³-hybridized carbons (Fsp3) is 0.538. The van der Waals surface area contributed by atoms with E-state index >= 15 is 0 Å². The predicted octanol–water partition coefficient (Wildman–Crippen LogP) is 2.72. The smallest absolute Gasteiger partial charge is 0.422 e. The summed E-state index contributed by atoms with van der Waals surface area (Å²) in [5, 5.41) is 6.06. The number of pyridine rings is 1. The Kier molecular flexibility index (Phi) is 9.86. The minimum Gasteiger partial charge on any atom is -0.468 e. The van der Waals surface area contributed by atoms with E-state index in [2.05, 4.69) is 20.6 Å². The quantitative estimate of drug-likeness (QED) is 0.413. The van der Waals surface area contributed by atoms with Crippen LogP contribution in [0.15, 0.2) is 23.3 Å². The fourth-order valence-corrected chi connectivity index (χ4v) is 1.48. The number of aliphatic imine (C=N–C) groups is 1. The van der Waals surface area contributed by atoms with Gasteiger partial charge in [-0.1, -0.05) is 13.0 Å². The third-order valence-electron chi connectivity index (χ3n) is 2.43. The van der Waals surface area contributed by atoms with E-state index in [4.69, 9.17) is 4.74 Å². The molecule has 1 aromatic rings. The number of halogens is 4. The summed E-state index contributed by atoms with van der Waals surface area (Å²) in [7, 11) is 1.62. The van der Waals surface area contributed by atoms with Crippen molar-refractivity contribution in [1.29, 1.82) is 0 Å². The van der Waals surface area contributed by atoms with Gasteiger partial charge in [0, 0.05) is 31.9 Å². The van der Waals surface area contributed by atoms with Gasteiger partial charge in [0.1, 0.15) is 0 Å². The molecule has 0 atom stereocenters. The molecule has 0 aromatic carbocycles. The molecular formula is C13H20F3IN4O. The van der Waals surface area contributed by atoms with Crippen molar-refractivity contribution >= 4 is 29.9 Å². The Hall–Kier alpha value is -1.26. The van der Waals surface area contributed by atoms with Crippen LogP contribution >= 0.6 is 24.0 Å². The molecule has 9 heteroatoms. The van der Waals surface area contributed by atoms with Crippen molar-refractivity contribution in [3.63, 3.8) is 0 Å². The average molecular weight is 432 g/mol. The summed E-state index contributed by atoms with van der Waals surface area (Å²) < 4.78 is 41.3. The zero-order valence-corrected chi connectivity index (χ0v) is 14.7. The molecular weight excluding hydrogens is 412 g/mol. The molecule has 0 bridgehead atoms. The van der Waals surface area contributed by atoms with Crippen molar-refractivity contribution in [1.82, 2.24) is 15.6 Å². The van der Waals surface area contributed by atoms with E-state index in [1.165, 1.54) is 6.20 Å². The van der Waals surface area contributed by atoms with Crippen molar-refractivity contribution in [2.75, 3.05) is 20.2 Å². The largest absolute Gasteiger partial charge is 0.468 e. The van der Waals surface area contributed by atoms with Crippen molar-refractivity contribution in [3.8, 4) is 5.88 Å². The van der Waals surface area contributed by atoms with Crippen LogP contribution in [0, 0.1) is 0 Å². The summed E-state index contributed by atoms with van der Waals surface area (Å²) >= 11 is 0. The maximum atomic E-state index is 12.2. The van der Waals surface area contributed by atoms with E-state index in [1.807, 2.05) is 6.92 Å². The molecule has 22 heavy (non-hydrogen) atoms. The molecule has 0 unspecified atom stereocenters. The van der Waals surface area contributed by atoms with Crippen molar-refractivity contribution in [2.45, 2.75) is 26.1 Å². The molecule has 1 aromatic heterocycles. The second-order valence-corrected chi connectivity index (χ2v) is 4.22. The SMILES string of the molecule is CCCNC(=NC)NCc1cccnc1OCC(F)(F)F.I. The summed E-state index contributed by atoms with van der Waals surface area (Å²) in [4.78, 5) is 7.83. The molecule has 0 saturated carbocycles. The fourth-order valence-electron chi connectivity index (χ4n) is 1.48. The van der Waals surface area contributed by atoms with E-state index < -0.39 is 12.8 Å². The first-order valence-corrected chi connectivity index (χ1v) is 6.54. The van der Waals surface area contributed by atoms with Crippen LogP contribution < -0.4 is 15.4 Å². The van der Waals surface area contributed by atoms with Crippen LogP contribution in [0.1, 0.15) is 18.9 Å². The number of guanidine groups is 1. The van der Waals surface area contributed by atoms with E-state index in [9.17, 15) is 13.2 Å². The second-order valence-electron chi connectivity index (χ2n) is 4.22. The van der Waals surface area contributed by atoms with Gasteiger partial charge in [-0.15, -0.1) is 24.0 Å². The van der Waals surface area contributed by atoms with Crippen LogP contribution in [-0.2, 0) is 6.54 Å². The summed E-state index contributed by atoms with van der Waals surface area (Å²) in [5.41, 5.74) is 0.529. The van der Waals surface area contributed by atoms with Gasteiger partial charge in [0.2, 0.25) is 5.88 Å². The number of aromatic nitrogens is 1. The van der Waals surface area contributed by atoms with Gasteiger partial charge in [-0.2, -0.15) is 13.2 Å². The highest BCUT2D eigenvalue weighted by molar-refractivity contribution is 14.0. The number of nitrogens with zero attached hydrogens (tertiary/aromatic N) is 2. The first-order valence-electron chi connectivity index (χ1n) is 6.54. The standard InChI is InChI=1S/C13H19F3N4O.HI/c1-3-6-19-12(17-2)20-8-10-5-4-7-18-11(10)21-9-13(14,15)16;/h4-5,7H,3,6,8-9H2,1-2H3,(H2,17,19,20);1H. The molecule has 0 fully saturated rings. The maximum absolute atomic E-state index is 12.2. The van der Waals surface area contributed by atoms with E-state index in [0.29, 0.717) is 11.5 Å². The van der Waals surface area contributed by atoms with Gasteiger partial charge in [0.05, 0.1) is 0 Å². The average Bonchev–Trinajstić information content (AvgIpc) is 2.45. The third kappa shape index (κ3) is 8.25. The number of nitrogens with one attached hydrogen (secondary N) is 2. The Morgan fingerprint density at radius 2 is 2.09 bits per heavy atom. The van der Waals surface area contributed by atoms with Gasteiger partial charge in [0.25, 0.3) is 0 Å². The molecule has 1 rings (SSSR count). The number of ether oxygens (including phenoxy) is 1. The minimum absolute atomic E-state index is 0. The van der Waals surface area contributed by atoms with Crippen molar-refractivity contribution in [2.24, 2.45) is 4.99 Å². The Bertz CT molecular complexity index is 469. The van der Waals surface area contributed by atoms with Gasteiger partial charge >= 0.3 is 6.18 Å². The Morgan fingerprint density at radius 3 is 2.68 bits per heavy atom. The van der Waals surface area contributed by atoms with Crippen LogP contribution in [0.4, 0.5) is 13.2 Å². The summed E-state index contributed by atoms with van der Waals surface area (Å²) in [6.45, 7) is 1.68. The van der Waals surface area contributed by atoms with Gasteiger partial charge < -0.3 is 15.4 Å². The van der Waals surface area contributed by atoms with Gasteiger partial charge in [-0.25, -0.2) is 4.98 Å². The first-order chi connectivity index (χ1) is 9.96. The van der Waals surface area contributed by atoms with Crippen LogP contribution in [-0.4, -0.2) is 37.3 Å². The van der Waals surface area contributed by atoms with Gasteiger partial charge in [0.15, 0.2) is 12.6 Å². The molecule has 0 radical (unpaired) electrons. The highest BCUT2D eigenvalue weighted by Crippen LogP contribution is 2.19. The summed E-state index contributed by atoms with van der Waals surface area (Å²) in [6.07, 6.45) is -2.06. The Labute approximate surface area is 144 Å². The number of rotatable bonds is 6. The first kappa shape index (κ1) is 20.7. The highest BCUT2D eigenvalue weighted by atomic mass is 127. The zero-order chi connectivity index (χ0) is 15.7. The molecule has 0 aliphatic carbocycles. The van der Waals surface area contributed by atoms with Crippen LogP contribution in [0.2, 0.25) is 0 Å². The molecule has 1 heterocycles. The predicted molar refractivity (Wildman–Crippen MR) is 89.7 cm³/mol. The summed E-state index contributed by atoms with van der Waals surface area (Å²) in [6, 6.07) is 3.29. The highest BCUT2D eigenvalue weighted by Gasteiger charge is 2.29. The minimum atomic E-state index is -4.39. The molecule has 0 amide bonds. The monoisotopic (exact) mass is 432 g/mol. The molecule has 126 valence electrons. The second kappa shape index (κ2) is 10.5. The molecule has 0 aliphatic heterocycles. The summed E-state index contributed by atoms with van der Waals surface area (Å²) in [5.74, 6) is 0.538. The lowest BCUT2D eigenvalue weighted by Gasteiger charge is -2.14. The third-order valence-corrected chi connectivity index (χ3v) is 2.43. The van der Waals surface area contributed by atoms with Crippen LogP contribution in [0.3, 0.4) is 0 Å². The van der Waals surface area contributed by atoms with E-state index in [1.54, 1.807) is 19.2 Å². The van der Waals surface area contributed by atoms with Gasteiger partial charge in [-0.3, -0.25) is 4.99 Å². The lowest BCUT2D eigenvalue weighted by molar-refractivity contribution is -0.154. The zero-order valence-electron chi connectivity index (χ0n) is 12.4. The molecule has 0 aliphatic rings. The van der Waals surface area contributed by atoms with Gasteiger partial charge in [-0.05, 0) is 12.5 Å². The number of alkyl halides is 3. The van der Waals surface area contributed by atoms with Crippen LogP contribution in [0.5, 0.6) is 5.88 Å². The molecule has 0 saturated heterocycles. The number of hydrogen-bond donors (Lipinski definition) is 2.